The Morgan fingerprint density at radius 2 is 1.47 bits per heavy atom. The number of likely N-dealkylation sites (tertiary alicyclic amines) is 1. The lowest BCUT2D eigenvalue weighted by molar-refractivity contribution is -0.136. The number of aliphatic hydroxyl groups is 1. The summed E-state index contributed by atoms with van der Waals surface area (Å²) >= 11 is 0. The predicted molar refractivity (Wildman–Crippen MR) is 128 cm³/mol. The van der Waals surface area contributed by atoms with Gasteiger partial charge in [-0.15, -0.1) is 0 Å². The lowest BCUT2D eigenvalue weighted by Crippen LogP contribution is -2.60. The molecule has 0 aliphatic carbocycles. The molecule has 1 amide bonds. The number of piperidine rings is 1. The lowest BCUT2D eigenvalue weighted by atomic mass is 9.85. The van der Waals surface area contributed by atoms with Crippen LogP contribution in [0.5, 0.6) is 0 Å². The van der Waals surface area contributed by atoms with E-state index >= 15 is 0 Å². The summed E-state index contributed by atoms with van der Waals surface area (Å²) in [5.41, 5.74) is 1.73. The van der Waals surface area contributed by atoms with Gasteiger partial charge in [0.1, 0.15) is 0 Å². The van der Waals surface area contributed by atoms with E-state index in [1.54, 1.807) is 6.92 Å². The van der Waals surface area contributed by atoms with Crippen LogP contribution in [0.25, 0.3) is 0 Å². The number of carbonyl (C=O) groups excluding carboxylic acids is 1. The summed E-state index contributed by atoms with van der Waals surface area (Å²) in [5, 5.41) is 18.0. The molecule has 1 aliphatic heterocycles. The van der Waals surface area contributed by atoms with E-state index in [1.807, 2.05) is 48.2 Å². The van der Waals surface area contributed by atoms with Crippen molar-refractivity contribution in [1.29, 1.82) is 0 Å². The molecule has 6 heteroatoms. The van der Waals surface area contributed by atoms with Crippen LogP contribution in [0.1, 0.15) is 45.1 Å². The minimum atomic E-state index is -0.745. The van der Waals surface area contributed by atoms with Crippen molar-refractivity contribution in [3.05, 3.63) is 66.2 Å². The highest BCUT2D eigenvalue weighted by Crippen LogP contribution is 2.34. The van der Waals surface area contributed by atoms with Crippen molar-refractivity contribution in [1.82, 2.24) is 4.90 Å². The van der Waals surface area contributed by atoms with E-state index in [9.17, 15) is 14.7 Å². The van der Waals surface area contributed by atoms with Gasteiger partial charge in [0, 0.05) is 38.2 Å². The number of aliphatic hydroxyl groups excluding tert-OH is 1. The van der Waals surface area contributed by atoms with Crippen LogP contribution in [0.2, 0.25) is 0 Å². The molecule has 1 aliphatic rings. The normalized spacial score (nSPS) is 15.3. The van der Waals surface area contributed by atoms with Crippen molar-refractivity contribution < 1.29 is 19.8 Å². The molecule has 0 unspecified atom stereocenters. The SMILES string of the molecule is CCC(=O)N(c1ccccc1)C1(CO)CCN(CCc2ccccc2)CC1.CCC(=O)O. The Labute approximate surface area is 191 Å². The van der Waals surface area contributed by atoms with Gasteiger partial charge in [-0.3, -0.25) is 9.59 Å². The van der Waals surface area contributed by atoms with E-state index in [1.165, 1.54) is 5.56 Å². The number of hydrogen-bond donors (Lipinski definition) is 2. The van der Waals surface area contributed by atoms with Crippen LogP contribution in [0.15, 0.2) is 60.7 Å². The molecule has 0 spiro atoms. The summed E-state index contributed by atoms with van der Waals surface area (Å²) < 4.78 is 0. The summed E-state index contributed by atoms with van der Waals surface area (Å²) in [6.07, 6.45) is 3.27. The molecule has 2 aromatic carbocycles. The van der Waals surface area contributed by atoms with E-state index in [2.05, 4.69) is 29.2 Å². The highest BCUT2D eigenvalue weighted by molar-refractivity contribution is 5.94. The number of carbonyl (C=O) groups is 2. The van der Waals surface area contributed by atoms with Gasteiger partial charge in [0.15, 0.2) is 0 Å². The Morgan fingerprint density at radius 1 is 0.938 bits per heavy atom. The number of benzene rings is 2. The fraction of sp³-hybridized carbons (Fsp3) is 0.462. The Hall–Kier alpha value is -2.70. The van der Waals surface area contributed by atoms with Gasteiger partial charge in [-0.1, -0.05) is 62.4 Å². The maximum Gasteiger partial charge on any atom is 0.303 e. The third-order valence-electron chi connectivity index (χ3n) is 5.98. The molecule has 1 fully saturated rings. The second-order valence-corrected chi connectivity index (χ2v) is 8.13. The van der Waals surface area contributed by atoms with Crippen molar-refractivity contribution in [3.63, 3.8) is 0 Å². The van der Waals surface area contributed by atoms with Crippen LogP contribution >= 0.6 is 0 Å². The van der Waals surface area contributed by atoms with Crippen molar-refractivity contribution in [2.45, 2.75) is 51.5 Å². The highest BCUT2D eigenvalue weighted by atomic mass is 16.4. The summed E-state index contributed by atoms with van der Waals surface area (Å²) in [7, 11) is 0. The molecular weight excluding hydrogens is 404 g/mol. The quantitative estimate of drug-likeness (QED) is 0.649. The average molecular weight is 441 g/mol. The Bertz CT molecular complexity index is 818. The number of rotatable bonds is 8. The van der Waals surface area contributed by atoms with E-state index in [0.29, 0.717) is 6.42 Å². The highest BCUT2D eigenvalue weighted by Gasteiger charge is 2.42. The van der Waals surface area contributed by atoms with Gasteiger partial charge in [-0.2, -0.15) is 0 Å². The Morgan fingerprint density at radius 3 is 1.94 bits per heavy atom. The number of carboxylic acids is 1. The maximum atomic E-state index is 12.8. The molecule has 32 heavy (non-hydrogen) atoms. The average Bonchev–Trinajstić information content (AvgIpc) is 2.85. The molecule has 1 heterocycles. The van der Waals surface area contributed by atoms with Crippen LogP contribution in [0.3, 0.4) is 0 Å². The Kier molecular flexibility index (Phi) is 10.4. The molecule has 0 radical (unpaired) electrons. The van der Waals surface area contributed by atoms with Crippen LogP contribution < -0.4 is 4.90 Å². The minimum absolute atomic E-state index is 0.000158. The van der Waals surface area contributed by atoms with Crippen molar-refractivity contribution in [3.8, 4) is 0 Å². The van der Waals surface area contributed by atoms with Gasteiger partial charge in [-0.25, -0.2) is 0 Å². The van der Waals surface area contributed by atoms with Crippen molar-refractivity contribution >= 4 is 17.6 Å². The molecule has 3 rings (SSSR count). The Balaban J connectivity index is 0.000000654. The lowest BCUT2D eigenvalue weighted by Gasteiger charge is -2.48. The molecule has 0 aromatic heterocycles. The molecule has 0 saturated carbocycles. The van der Waals surface area contributed by atoms with Gasteiger partial charge in [0.25, 0.3) is 0 Å². The van der Waals surface area contributed by atoms with Crippen molar-refractivity contribution in [2.75, 3.05) is 31.1 Å². The van der Waals surface area contributed by atoms with Gasteiger partial charge in [-0.05, 0) is 37.0 Å². The fourth-order valence-electron chi connectivity index (χ4n) is 3.99. The summed E-state index contributed by atoms with van der Waals surface area (Å²) in [6, 6.07) is 20.3. The molecule has 1 saturated heterocycles. The smallest absolute Gasteiger partial charge is 0.303 e. The largest absolute Gasteiger partial charge is 0.481 e. The number of nitrogens with zero attached hydrogens (tertiary/aromatic N) is 2. The second kappa shape index (κ2) is 13.0. The summed E-state index contributed by atoms with van der Waals surface area (Å²) in [6.45, 7) is 6.29. The standard InChI is InChI=1S/C23H30N2O2.C3H6O2/c1-2-22(27)25(21-11-7-4-8-12-21)23(19-26)14-17-24(18-15-23)16-13-20-9-5-3-6-10-20;1-2-3(4)5/h3-12,26H,2,13-19H2,1H3;2H2,1H3,(H,4,5). The van der Waals surface area contributed by atoms with Crippen LogP contribution in [-0.2, 0) is 16.0 Å². The number of hydrogen-bond acceptors (Lipinski definition) is 4. The third kappa shape index (κ3) is 7.18. The fourth-order valence-corrected chi connectivity index (χ4v) is 3.99. The van der Waals surface area contributed by atoms with Crippen LogP contribution in [-0.4, -0.2) is 58.8 Å². The summed E-state index contributed by atoms with van der Waals surface area (Å²) in [5.74, 6) is -0.669. The van der Waals surface area contributed by atoms with E-state index in [-0.39, 0.29) is 18.9 Å². The molecular formula is C26H36N2O4. The topological polar surface area (TPSA) is 81.1 Å². The summed E-state index contributed by atoms with van der Waals surface area (Å²) in [4.78, 5) is 26.4. The first-order valence-electron chi connectivity index (χ1n) is 11.4. The zero-order valence-electron chi connectivity index (χ0n) is 19.2. The van der Waals surface area contributed by atoms with Crippen molar-refractivity contribution in [2.24, 2.45) is 0 Å². The van der Waals surface area contributed by atoms with E-state index < -0.39 is 11.5 Å². The number of amides is 1. The third-order valence-corrected chi connectivity index (χ3v) is 5.98. The molecule has 0 atom stereocenters. The molecule has 2 N–H and O–H groups in total. The number of anilines is 1. The molecule has 174 valence electrons. The van der Waals surface area contributed by atoms with Gasteiger partial charge in [0.2, 0.25) is 5.91 Å². The van der Waals surface area contributed by atoms with Crippen LogP contribution in [0, 0.1) is 0 Å². The number of aliphatic carboxylic acids is 1. The first-order chi connectivity index (χ1) is 15.5. The molecule has 2 aromatic rings. The van der Waals surface area contributed by atoms with Crippen LogP contribution in [0.4, 0.5) is 5.69 Å². The second-order valence-electron chi connectivity index (χ2n) is 8.13. The zero-order valence-corrected chi connectivity index (χ0v) is 19.2. The minimum Gasteiger partial charge on any atom is -0.481 e. The number of carboxylic acid groups (broad SMARTS) is 1. The first kappa shape index (κ1) is 25.6. The molecule has 0 bridgehead atoms. The first-order valence-corrected chi connectivity index (χ1v) is 11.4. The van der Waals surface area contributed by atoms with E-state index in [0.717, 1.165) is 44.6 Å². The van der Waals surface area contributed by atoms with Gasteiger partial charge in [0.05, 0.1) is 12.1 Å². The van der Waals surface area contributed by atoms with Gasteiger partial charge >= 0.3 is 5.97 Å². The molecule has 6 nitrogen and oxygen atoms in total. The monoisotopic (exact) mass is 440 g/mol. The number of para-hydroxylation sites is 1. The zero-order chi connectivity index (χ0) is 23.4. The van der Waals surface area contributed by atoms with Gasteiger partial charge < -0.3 is 20.0 Å². The predicted octanol–water partition coefficient (Wildman–Crippen LogP) is 3.98. The van der Waals surface area contributed by atoms with E-state index in [4.69, 9.17) is 5.11 Å². The maximum absolute atomic E-state index is 12.8.